The van der Waals surface area contributed by atoms with Crippen molar-refractivity contribution >= 4 is 21.9 Å². The number of aryl methyl sites for hydroxylation is 1. The van der Waals surface area contributed by atoms with Gasteiger partial charge in [-0.2, -0.15) is 0 Å². The maximum absolute atomic E-state index is 11.2. The standard InChI is InChI=1S/C8H9BrN2O2/c1-3-5-7(8(12)13-2)11-6(9)4-10-5/h4H,3H2,1-2H3. The fourth-order valence-corrected chi connectivity index (χ4v) is 1.19. The lowest BCUT2D eigenvalue weighted by molar-refractivity contribution is 0.0591. The molecule has 0 saturated heterocycles. The van der Waals surface area contributed by atoms with Crippen LogP contribution in [-0.4, -0.2) is 23.0 Å². The molecule has 1 heterocycles. The smallest absolute Gasteiger partial charge is 0.358 e. The lowest BCUT2D eigenvalue weighted by atomic mass is 10.2. The summed E-state index contributed by atoms with van der Waals surface area (Å²) in [6.07, 6.45) is 2.22. The first-order valence-corrected chi connectivity index (χ1v) is 4.58. The third-order valence-corrected chi connectivity index (χ3v) is 1.91. The zero-order chi connectivity index (χ0) is 9.84. The van der Waals surface area contributed by atoms with E-state index in [1.807, 2.05) is 6.92 Å². The zero-order valence-electron chi connectivity index (χ0n) is 7.37. The van der Waals surface area contributed by atoms with Gasteiger partial charge in [-0.3, -0.25) is 4.98 Å². The van der Waals surface area contributed by atoms with E-state index in [2.05, 4.69) is 30.6 Å². The van der Waals surface area contributed by atoms with Crippen LogP contribution in [0.3, 0.4) is 0 Å². The van der Waals surface area contributed by atoms with E-state index < -0.39 is 5.97 Å². The summed E-state index contributed by atoms with van der Waals surface area (Å²) in [5.74, 6) is -0.453. The number of rotatable bonds is 2. The molecule has 1 aromatic rings. The number of methoxy groups -OCH3 is 1. The lowest BCUT2D eigenvalue weighted by Gasteiger charge is -2.03. The normalized spacial score (nSPS) is 9.77. The van der Waals surface area contributed by atoms with Crippen LogP contribution in [0, 0.1) is 0 Å². The summed E-state index contributed by atoms with van der Waals surface area (Å²) >= 11 is 3.14. The van der Waals surface area contributed by atoms with Crippen LogP contribution in [0.2, 0.25) is 0 Å². The van der Waals surface area contributed by atoms with Crippen molar-refractivity contribution in [1.29, 1.82) is 0 Å². The second kappa shape index (κ2) is 4.32. The Kier molecular flexibility index (Phi) is 3.36. The molecule has 0 bridgehead atoms. The number of hydrogen-bond acceptors (Lipinski definition) is 4. The maximum atomic E-state index is 11.2. The third kappa shape index (κ3) is 2.24. The number of aromatic nitrogens is 2. The predicted octanol–water partition coefficient (Wildman–Crippen LogP) is 1.59. The van der Waals surface area contributed by atoms with Crippen molar-refractivity contribution in [1.82, 2.24) is 9.97 Å². The summed E-state index contributed by atoms with van der Waals surface area (Å²) in [6, 6.07) is 0. The molecule has 0 amide bonds. The van der Waals surface area contributed by atoms with Gasteiger partial charge in [0.05, 0.1) is 19.0 Å². The van der Waals surface area contributed by atoms with E-state index in [0.717, 1.165) is 0 Å². The monoisotopic (exact) mass is 244 g/mol. The number of hydrogen-bond donors (Lipinski definition) is 0. The Bertz CT molecular complexity index is 328. The minimum Gasteiger partial charge on any atom is -0.464 e. The Balaban J connectivity index is 3.15. The van der Waals surface area contributed by atoms with Crippen LogP contribution in [-0.2, 0) is 11.2 Å². The molecule has 0 unspecified atom stereocenters. The van der Waals surface area contributed by atoms with Crippen molar-refractivity contribution in [2.75, 3.05) is 7.11 Å². The minimum atomic E-state index is -0.453. The van der Waals surface area contributed by atoms with E-state index in [4.69, 9.17) is 0 Å². The largest absolute Gasteiger partial charge is 0.464 e. The maximum Gasteiger partial charge on any atom is 0.358 e. The summed E-state index contributed by atoms with van der Waals surface area (Å²) < 4.78 is 5.10. The molecule has 0 atom stereocenters. The molecular weight excluding hydrogens is 236 g/mol. The van der Waals surface area contributed by atoms with Crippen LogP contribution < -0.4 is 0 Å². The van der Waals surface area contributed by atoms with Gasteiger partial charge in [-0.25, -0.2) is 9.78 Å². The molecule has 1 aromatic heterocycles. The average Bonchev–Trinajstić information content (AvgIpc) is 2.16. The van der Waals surface area contributed by atoms with Gasteiger partial charge in [0, 0.05) is 0 Å². The Morgan fingerprint density at radius 1 is 1.69 bits per heavy atom. The Hall–Kier alpha value is -0.970. The van der Waals surface area contributed by atoms with Crippen LogP contribution in [0.4, 0.5) is 0 Å². The summed E-state index contributed by atoms with van der Waals surface area (Å²) in [6.45, 7) is 1.91. The summed E-state index contributed by atoms with van der Waals surface area (Å²) in [5.41, 5.74) is 0.925. The van der Waals surface area contributed by atoms with Gasteiger partial charge in [-0.15, -0.1) is 0 Å². The molecule has 0 N–H and O–H groups in total. The number of carbonyl (C=O) groups excluding carboxylic acids is 1. The molecular formula is C8H9BrN2O2. The summed E-state index contributed by atoms with van der Waals surface area (Å²) in [5, 5.41) is 0. The second-order valence-corrected chi connectivity index (χ2v) is 3.15. The molecule has 0 aromatic carbocycles. The topological polar surface area (TPSA) is 52.1 Å². The van der Waals surface area contributed by atoms with Crippen molar-refractivity contribution in [3.05, 3.63) is 22.2 Å². The van der Waals surface area contributed by atoms with Crippen LogP contribution >= 0.6 is 15.9 Å². The van der Waals surface area contributed by atoms with Gasteiger partial charge in [0.25, 0.3) is 0 Å². The first-order chi connectivity index (χ1) is 6.19. The van der Waals surface area contributed by atoms with Gasteiger partial charge >= 0.3 is 5.97 Å². The highest BCUT2D eigenvalue weighted by molar-refractivity contribution is 9.10. The molecule has 1 rings (SSSR count). The first kappa shape index (κ1) is 10.1. The van der Waals surface area contributed by atoms with Gasteiger partial charge in [0.1, 0.15) is 4.60 Å². The predicted molar refractivity (Wildman–Crippen MR) is 50.4 cm³/mol. The molecule has 13 heavy (non-hydrogen) atoms. The average molecular weight is 245 g/mol. The van der Waals surface area contributed by atoms with Crippen molar-refractivity contribution in [3.8, 4) is 0 Å². The minimum absolute atomic E-state index is 0.277. The van der Waals surface area contributed by atoms with Gasteiger partial charge in [-0.1, -0.05) is 6.92 Å². The molecule has 4 nitrogen and oxygen atoms in total. The number of nitrogens with zero attached hydrogens (tertiary/aromatic N) is 2. The quantitative estimate of drug-likeness (QED) is 0.742. The summed E-state index contributed by atoms with van der Waals surface area (Å²) in [7, 11) is 1.32. The van der Waals surface area contributed by atoms with Crippen LogP contribution in [0.25, 0.3) is 0 Å². The van der Waals surface area contributed by atoms with Crippen LogP contribution in [0.15, 0.2) is 10.8 Å². The van der Waals surface area contributed by atoms with E-state index in [1.54, 1.807) is 6.20 Å². The molecule has 0 fully saturated rings. The fourth-order valence-electron chi connectivity index (χ4n) is 0.911. The fraction of sp³-hybridized carbons (Fsp3) is 0.375. The molecule has 0 aliphatic rings. The Labute approximate surface area is 84.5 Å². The number of carbonyl (C=O) groups is 1. The summed E-state index contributed by atoms with van der Waals surface area (Å²) in [4.78, 5) is 19.2. The Morgan fingerprint density at radius 3 is 2.92 bits per heavy atom. The molecule has 0 aliphatic heterocycles. The molecule has 0 saturated carbocycles. The second-order valence-electron chi connectivity index (χ2n) is 2.33. The highest BCUT2D eigenvalue weighted by Gasteiger charge is 2.13. The first-order valence-electron chi connectivity index (χ1n) is 3.78. The van der Waals surface area contributed by atoms with Gasteiger partial charge < -0.3 is 4.74 Å². The van der Waals surface area contributed by atoms with Crippen molar-refractivity contribution < 1.29 is 9.53 Å². The number of ether oxygens (including phenoxy) is 1. The van der Waals surface area contributed by atoms with E-state index in [0.29, 0.717) is 16.7 Å². The van der Waals surface area contributed by atoms with E-state index in [1.165, 1.54) is 7.11 Å². The molecule has 5 heteroatoms. The lowest BCUT2D eigenvalue weighted by Crippen LogP contribution is -2.10. The van der Waals surface area contributed by atoms with Crippen LogP contribution in [0.5, 0.6) is 0 Å². The number of esters is 1. The van der Waals surface area contributed by atoms with Gasteiger partial charge in [0.2, 0.25) is 0 Å². The third-order valence-electron chi connectivity index (χ3n) is 1.53. The molecule has 70 valence electrons. The highest BCUT2D eigenvalue weighted by Crippen LogP contribution is 2.10. The van der Waals surface area contributed by atoms with Crippen LogP contribution in [0.1, 0.15) is 23.1 Å². The van der Waals surface area contributed by atoms with Gasteiger partial charge in [-0.05, 0) is 22.4 Å². The van der Waals surface area contributed by atoms with Gasteiger partial charge in [0.15, 0.2) is 5.69 Å². The molecule has 0 aliphatic carbocycles. The van der Waals surface area contributed by atoms with Crippen molar-refractivity contribution in [2.45, 2.75) is 13.3 Å². The van der Waals surface area contributed by atoms with Crippen molar-refractivity contribution in [3.63, 3.8) is 0 Å². The number of halogens is 1. The van der Waals surface area contributed by atoms with E-state index in [9.17, 15) is 4.79 Å². The molecule has 0 radical (unpaired) electrons. The molecule has 0 spiro atoms. The SMILES string of the molecule is CCc1ncc(Br)nc1C(=O)OC. The van der Waals surface area contributed by atoms with Crippen molar-refractivity contribution in [2.24, 2.45) is 0 Å². The Morgan fingerprint density at radius 2 is 2.38 bits per heavy atom. The van der Waals surface area contributed by atoms with E-state index >= 15 is 0 Å². The highest BCUT2D eigenvalue weighted by atomic mass is 79.9. The zero-order valence-corrected chi connectivity index (χ0v) is 8.96. The van der Waals surface area contributed by atoms with E-state index in [-0.39, 0.29) is 5.69 Å².